The molecule has 1 aliphatic heterocycles. The third kappa shape index (κ3) is 2.99. The average molecular weight is 325 g/mol. The van der Waals surface area contributed by atoms with E-state index in [-0.39, 0.29) is 0 Å². The van der Waals surface area contributed by atoms with E-state index in [2.05, 4.69) is 15.2 Å². The van der Waals surface area contributed by atoms with Crippen molar-refractivity contribution in [1.82, 2.24) is 19.9 Å². The lowest BCUT2D eigenvalue weighted by Crippen LogP contribution is -2.39. The summed E-state index contributed by atoms with van der Waals surface area (Å²) in [4.78, 5) is 15.8. The number of nitrogens with zero attached hydrogens (tertiary/aromatic N) is 4. The summed E-state index contributed by atoms with van der Waals surface area (Å²) < 4.78 is 0. The van der Waals surface area contributed by atoms with Gasteiger partial charge in [-0.05, 0) is 44.9 Å². The molecule has 1 fully saturated rings. The van der Waals surface area contributed by atoms with E-state index >= 15 is 0 Å². The van der Waals surface area contributed by atoms with E-state index in [1.54, 1.807) is 12.4 Å². The van der Waals surface area contributed by atoms with E-state index in [1.807, 2.05) is 19.2 Å². The molecule has 0 radical (unpaired) electrons. The van der Waals surface area contributed by atoms with Gasteiger partial charge in [-0.1, -0.05) is 0 Å². The zero-order valence-corrected chi connectivity index (χ0v) is 14.0. The molecule has 0 bridgehead atoms. The van der Waals surface area contributed by atoms with Gasteiger partial charge in [0.15, 0.2) is 5.82 Å². The Kier molecular flexibility index (Phi) is 3.94. The number of hydrogen-bond donors (Lipinski definition) is 2. The zero-order chi connectivity index (χ0) is 16.6. The van der Waals surface area contributed by atoms with Crippen LogP contribution in [0.3, 0.4) is 0 Å². The number of β-amino-alcohol motifs (C(OH)–C–C–N with tert-alkyl or cyclic N) is 1. The Morgan fingerprint density at radius 3 is 3.00 bits per heavy atom. The van der Waals surface area contributed by atoms with Crippen molar-refractivity contribution in [2.24, 2.45) is 0 Å². The third-order valence-corrected chi connectivity index (χ3v) is 4.96. The number of aliphatic hydroxyl groups is 1. The number of rotatable bonds is 4. The molecule has 0 spiro atoms. The Morgan fingerprint density at radius 1 is 1.33 bits per heavy atom. The van der Waals surface area contributed by atoms with E-state index in [4.69, 9.17) is 9.97 Å². The second kappa shape index (κ2) is 6.11. The Morgan fingerprint density at radius 2 is 2.25 bits per heavy atom. The predicted molar refractivity (Wildman–Crippen MR) is 92.8 cm³/mol. The van der Waals surface area contributed by atoms with Crippen LogP contribution < -0.4 is 5.32 Å². The average Bonchev–Trinajstić information content (AvgIpc) is 3.20. The summed E-state index contributed by atoms with van der Waals surface area (Å²) in [6, 6.07) is 3.88. The molecule has 4 rings (SSSR count). The van der Waals surface area contributed by atoms with Gasteiger partial charge in [0.25, 0.3) is 0 Å². The van der Waals surface area contributed by atoms with Crippen LogP contribution in [0, 0.1) is 0 Å². The lowest BCUT2D eigenvalue weighted by Gasteiger charge is -2.24. The van der Waals surface area contributed by atoms with E-state index in [9.17, 15) is 5.11 Å². The molecular weight excluding hydrogens is 302 g/mol. The maximum absolute atomic E-state index is 10.7. The van der Waals surface area contributed by atoms with E-state index in [0.29, 0.717) is 18.9 Å². The monoisotopic (exact) mass is 325 g/mol. The van der Waals surface area contributed by atoms with E-state index in [1.165, 1.54) is 5.56 Å². The number of likely N-dealkylation sites (N-methyl/N-ethyl adjacent to an activating group) is 1. The summed E-state index contributed by atoms with van der Waals surface area (Å²) >= 11 is 0. The normalized spacial score (nSPS) is 23.4. The number of hydrogen-bond acceptors (Lipinski definition) is 6. The smallest absolute Gasteiger partial charge is 0.163 e. The molecular formula is C18H23N5O. The van der Waals surface area contributed by atoms with Crippen LogP contribution in [-0.2, 0) is 12.8 Å². The summed E-state index contributed by atoms with van der Waals surface area (Å²) in [5.74, 6) is 1.58. The highest BCUT2D eigenvalue weighted by Crippen LogP contribution is 2.30. The van der Waals surface area contributed by atoms with Gasteiger partial charge in [-0.3, -0.25) is 4.98 Å². The van der Waals surface area contributed by atoms with Crippen molar-refractivity contribution in [2.75, 3.05) is 32.0 Å². The summed E-state index contributed by atoms with van der Waals surface area (Å²) in [6.07, 6.45) is 7.44. The zero-order valence-electron chi connectivity index (χ0n) is 14.0. The van der Waals surface area contributed by atoms with E-state index < -0.39 is 5.60 Å². The standard InChI is InChI=1S/C18H23N5O/c1-23-9-7-18(24,12-23)11-20-17-14-5-2-6-15(14)21-16(22-17)13-4-3-8-19-10-13/h3-4,8,10,24H,2,5-7,9,11-12H2,1H3,(H,20,21,22). The number of aromatic nitrogens is 3. The van der Waals surface area contributed by atoms with Gasteiger partial charge in [0.2, 0.25) is 0 Å². The van der Waals surface area contributed by atoms with Crippen LogP contribution in [0.2, 0.25) is 0 Å². The summed E-state index contributed by atoms with van der Waals surface area (Å²) in [7, 11) is 2.04. The first-order valence-corrected chi connectivity index (χ1v) is 8.58. The molecule has 6 nitrogen and oxygen atoms in total. The Hall–Kier alpha value is -2.05. The van der Waals surface area contributed by atoms with Gasteiger partial charge in [0.05, 0.1) is 5.60 Å². The van der Waals surface area contributed by atoms with Crippen molar-refractivity contribution >= 4 is 5.82 Å². The van der Waals surface area contributed by atoms with Crippen molar-refractivity contribution < 1.29 is 5.11 Å². The van der Waals surface area contributed by atoms with Gasteiger partial charge < -0.3 is 15.3 Å². The Bertz CT molecular complexity index is 736. The lowest BCUT2D eigenvalue weighted by atomic mass is 10.0. The van der Waals surface area contributed by atoms with Gasteiger partial charge in [-0.25, -0.2) is 9.97 Å². The molecule has 0 aromatic carbocycles. The molecule has 1 saturated heterocycles. The first-order chi connectivity index (χ1) is 11.6. The van der Waals surface area contributed by atoms with Gasteiger partial charge in [0, 0.05) is 48.8 Å². The summed E-state index contributed by atoms with van der Waals surface area (Å²) in [5.41, 5.74) is 2.58. The fraction of sp³-hybridized carbons (Fsp3) is 0.500. The van der Waals surface area contributed by atoms with Gasteiger partial charge >= 0.3 is 0 Å². The fourth-order valence-corrected chi connectivity index (χ4v) is 3.65. The topological polar surface area (TPSA) is 74.2 Å². The SMILES string of the molecule is CN1CCC(O)(CNc2nc(-c3cccnc3)nc3c2CCC3)C1. The Balaban J connectivity index is 1.61. The van der Waals surface area contributed by atoms with E-state index in [0.717, 1.165) is 49.3 Å². The molecule has 0 saturated carbocycles. The van der Waals surface area contributed by atoms with Crippen molar-refractivity contribution in [3.8, 4) is 11.4 Å². The van der Waals surface area contributed by atoms with Crippen molar-refractivity contribution in [1.29, 1.82) is 0 Å². The number of aryl methyl sites for hydroxylation is 1. The quantitative estimate of drug-likeness (QED) is 0.887. The van der Waals surface area contributed by atoms with Crippen LogP contribution >= 0.6 is 0 Å². The molecule has 2 aromatic heterocycles. The second-order valence-corrected chi connectivity index (χ2v) is 6.98. The summed E-state index contributed by atoms with van der Waals surface area (Å²) in [6.45, 7) is 2.15. The third-order valence-electron chi connectivity index (χ3n) is 4.96. The maximum atomic E-state index is 10.7. The van der Waals surface area contributed by atoms with Gasteiger partial charge in [-0.2, -0.15) is 0 Å². The molecule has 2 N–H and O–H groups in total. The highest BCUT2D eigenvalue weighted by molar-refractivity contribution is 5.60. The molecule has 2 aliphatic rings. The first-order valence-electron chi connectivity index (χ1n) is 8.58. The number of pyridine rings is 1. The highest BCUT2D eigenvalue weighted by Gasteiger charge is 2.34. The number of likely N-dealkylation sites (tertiary alicyclic amines) is 1. The van der Waals surface area contributed by atoms with Crippen molar-refractivity contribution in [3.63, 3.8) is 0 Å². The van der Waals surface area contributed by atoms with Crippen LogP contribution in [0.15, 0.2) is 24.5 Å². The second-order valence-electron chi connectivity index (χ2n) is 6.98. The molecule has 24 heavy (non-hydrogen) atoms. The largest absolute Gasteiger partial charge is 0.387 e. The lowest BCUT2D eigenvalue weighted by molar-refractivity contribution is 0.0652. The molecule has 3 heterocycles. The van der Waals surface area contributed by atoms with Crippen LogP contribution in [0.5, 0.6) is 0 Å². The maximum Gasteiger partial charge on any atom is 0.163 e. The number of anilines is 1. The first kappa shape index (κ1) is 15.5. The Labute approximate surface area is 142 Å². The number of fused-ring (bicyclic) bond motifs is 1. The van der Waals surface area contributed by atoms with Crippen molar-refractivity contribution in [3.05, 3.63) is 35.8 Å². The van der Waals surface area contributed by atoms with Crippen LogP contribution in [0.1, 0.15) is 24.1 Å². The minimum atomic E-state index is -0.681. The molecule has 0 amide bonds. The van der Waals surface area contributed by atoms with Crippen LogP contribution in [-0.4, -0.2) is 57.2 Å². The molecule has 1 atom stereocenters. The molecule has 126 valence electrons. The van der Waals surface area contributed by atoms with Gasteiger partial charge in [-0.15, -0.1) is 0 Å². The summed E-state index contributed by atoms with van der Waals surface area (Å²) in [5, 5.41) is 14.1. The molecule has 6 heteroatoms. The van der Waals surface area contributed by atoms with Crippen LogP contribution in [0.4, 0.5) is 5.82 Å². The number of nitrogens with one attached hydrogen (secondary N) is 1. The van der Waals surface area contributed by atoms with Crippen molar-refractivity contribution in [2.45, 2.75) is 31.3 Å². The molecule has 2 aromatic rings. The molecule has 1 unspecified atom stereocenters. The van der Waals surface area contributed by atoms with Gasteiger partial charge in [0.1, 0.15) is 5.82 Å². The van der Waals surface area contributed by atoms with Crippen LogP contribution in [0.25, 0.3) is 11.4 Å². The minimum Gasteiger partial charge on any atom is -0.387 e. The predicted octanol–water partition coefficient (Wildman–Crippen LogP) is 1.51. The highest BCUT2D eigenvalue weighted by atomic mass is 16.3. The molecule has 1 aliphatic carbocycles. The minimum absolute atomic E-state index is 0.521. The fourth-order valence-electron chi connectivity index (χ4n) is 3.65.